The molecule has 0 bridgehead atoms. The van der Waals surface area contributed by atoms with Crippen LogP contribution in [0.15, 0.2) is 30.6 Å². The summed E-state index contributed by atoms with van der Waals surface area (Å²) in [4.78, 5) is 19.7. The maximum absolute atomic E-state index is 13.5. The topological polar surface area (TPSA) is 54.9 Å². The minimum Gasteiger partial charge on any atom is -0.318 e. The van der Waals surface area contributed by atoms with Gasteiger partial charge in [-0.15, -0.1) is 0 Å². The Morgan fingerprint density at radius 3 is 2.61 bits per heavy atom. The third kappa shape index (κ3) is 2.68. The molecular weight excluding hydrogens is 233 g/mol. The zero-order chi connectivity index (χ0) is 13.1. The Hall–Kier alpha value is -2.30. The van der Waals surface area contributed by atoms with Crippen molar-refractivity contribution in [3.63, 3.8) is 0 Å². The molecule has 2 rings (SSSR count). The summed E-state index contributed by atoms with van der Waals surface area (Å²) in [6.45, 7) is 3.55. The first-order valence-electron chi connectivity index (χ1n) is 5.42. The van der Waals surface area contributed by atoms with E-state index in [0.29, 0.717) is 5.69 Å². The molecule has 0 unspecified atom stereocenters. The maximum atomic E-state index is 13.5. The van der Waals surface area contributed by atoms with E-state index < -0.39 is 11.7 Å². The number of carbonyl (C=O) groups excluding carboxylic acids is 1. The second-order valence-electron chi connectivity index (χ2n) is 3.98. The van der Waals surface area contributed by atoms with Gasteiger partial charge in [-0.3, -0.25) is 9.78 Å². The number of aromatic nitrogens is 2. The molecule has 0 saturated heterocycles. The van der Waals surface area contributed by atoms with Crippen LogP contribution < -0.4 is 5.32 Å². The average Bonchev–Trinajstić information content (AvgIpc) is 2.33. The van der Waals surface area contributed by atoms with E-state index in [4.69, 9.17) is 0 Å². The molecule has 1 heterocycles. The van der Waals surface area contributed by atoms with Gasteiger partial charge in [-0.2, -0.15) is 0 Å². The van der Waals surface area contributed by atoms with Crippen LogP contribution >= 0.6 is 0 Å². The Bertz CT molecular complexity index is 581. The predicted molar refractivity (Wildman–Crippen MR) is 65.9 cm³/mol. The van der Waals surface area contributed by atoms with Crippen LogP contribution in [0.5, 0.6) is 0 Å². The van der Waals surface area contributed by atoms with Gasteiger partial charge >= 0.3 is 0 Å². The number of benzene rings is 1. The van der Waals surface area contributed by atoms with Crippen LogP contribution in [-0.2, 0) is 0 Å². The van der Waals surface area contributed by atoms with E-state index >= 15 is 0 Å². The molecule has 1 amide bonds. The number of nitrogens with zero attached hydrogens (tertiary/aromatic N) is 2. The van der Waals surface area contributed by atoms with Gasteiger partial charge in [0.25, 0.3) is 5.91 Å². The molecule has 0 aliphatic carbocycles. The van der Waals surface area contributed by atoms with Gasteiger partial charge < -0.3 is 5.32 Å². The van der Waals surface area contributed by atoms with Crippen LogP contribution in [-0.4, -0.2) is 15.9 Å². The lowest BCUT2D eigenvalue weighted by atomic mass is 10.2. The molecular formula is C13H12FN3O. The highest BCUT2D eigenvalue weighted by Gasteiger charge is 2.10. The largest absolute Gasteiger partial charge is 0.318 e. The first kappa shape index (κ1) is 12.2. The molecule has 0 radical (unpaired) electrons. The first-order chi connectivity index (χ1) is 8.56. The van der Waals surface area contributed by atoms with E-state index in [1.807, 2.05) is 0 Å². The summed E-state index contributed by atoms with van der Waals surface area (Å²) in [5, 5.41) is 2.46. The number of hydrogen-bond acceptors (Lipinski definition) is 3. The SMILES string of the molecule is Cc1ccc(NC(=O)c2cnc(C)cn2)c(F)c1. The van der Waals surface area contributed by atoms with Crippen molar-refractivity contribution in [2.45, 2.75) is 13.8 Å². The highest BCUT2D eigenvalue weighted by molar-refractivity contribution is 6.02. The molecule has 2 aromatic rings. The Morgan fingerprint density at radius 1 is 1.22 bits per heavy atom. The summed E-state index contributed by atoms with van der Waals surface area (Å²) in [7, 11) is 0. The lowest BCUT2D eigenvalue weighted by Gasteiger charge is -2.06. The molecule has 1 N–H and O–H groups in total. The Balaban J connectivity index is 2.18. The molecule has 5 heteroatoms. The third-order valence-electron chi connectivity index (χ3n) is 2.39. The predicted octanol–water partition coefficient (Wildman–Crippen LogP) is 2.48. The van der Waals surface area contributed by atoms with E-state index in [1.54, 1.807) is 19.9 Å². The monoisotopic (exact) mass is 245 g/mol. The number of aryl methyl sites for hydroxylation is 2. The van der Waals surface area contributed by atoms with Crippen molar-refractivity contribution in [1.82, 2.24) is 9.97 Å². The lowest BCUT2D eigenvalue weighted by Crippen LogP contribution is -2.15. The lowest BCUT2D eigenvalue weighted by molar-refractivity contribution is 0.102. The average molecular weight is 245 g/mol. The van der Waals surface area contributed by atoms with Crippen molar-refractivity contribution in [3.05, 3.63) is 53.4 Å². The second kappa shape index (κ2) is 4.91. The van der Waals surface area contributed by atoms with Crippen LogP contribution in [0.2, 0.25) is 0 Å². The zero-order valence-electron chi connectivity index (χ0n) is 10.1. The maximum Gasteiger partial charge on any atom is 0.275 e. The molecule has 0 aliphatic heterocycles. The first-order valence-corrected chi connectivity index (χ1v) is 5.42. The highest BCUT2D eigenvalue weighted by atomic mass is 19.1. The van der Waals surface area contributed by atoms with Gasteiger partial charge in [-0.05, 0) is 31.5 Å². The fraction of sp³-hybridized carbons (Fsp3) is 0.154. The summed E-state index contributed by atoms with van der Waals surface area (Å²) in [6.07, 6.45) is 2.84. The number of amides is 1. The van der Waals surface area contributed by atoms with Crippen molar-refractivity contribution >= 4 is 11.6 Å². The fourth-order valence-corrected chi connectivity index (χ4v) is 1.42. The molecule has 0 atom stereocenters. The van der Waals surface area contributed by atoms with Crippen molar-refractivity contribution in [1.29, 1.82) is 0 Å². The molecule has 0 aliphatic rings. The number of anilines is 1. The van der Waals surface area contributed by atoms with E-state index in [2.05, 4.69) is 15.3 Å². The van der Waals surface area contributed by atoms with Gasteiger partial charge in [-0.1, -0.05) is 6.07 Å². The minimum atomic E-state index is -0.481. The smallest absolute Gasteiger partial charge is 0.275 e. The van der Waals surface area contributed by atoms with Gasteiger partial charge in [0.1, 0.15) is 11.5 Å². The van der Waals surface area contributed by atoms with E-state index in [0.717, 1.165) is 5.56 Å². The Kier molecular flexibility index (Phi) is 3.32. The Labute approximate surface area is 104 Å². The van der Waals surface area contributed by atoms with Crippen molar-refractivity contribution in [2.24, 2.45) is 0 Å². The number of rotatable bonds is 2. The summed E-state index contributed by atoms with van der Waals surface area (Å²) in [5.41, 5.74) is 1.79. The molecule has 18 heavy (non-hydrogen) atoms. The van der Waals surface area contributed by atoms with Gasteiger partial charge in [0.2, 0.25) is 0 Å². The summed E-state index contributed by atoms with van der Waals surface area (Å²) in [6, 6.07) is 4.60. The van der Waals surface area contributed by atoms with Crippen LogP contribution in [0.1, 0.15) is 21.7 Å². The second-order valence-corrected chi connectivity index (χ2v) is 3.98. The van der Waals surface area contributed by atoms with E-state index in [1.165, 1.54) is 24.5 Å². The van der Waals surface area contributed by atoms with Gasteiger partial charge in [-0.25, -0.2) is 9.37 Å². The van der Waals surface area contributed by atoms with E-state index in [-0.39, 0.29) is 11.4 Å². The molecule has 92 valence electrons. The number of nitrogens with one attached hydrogen (secondary N) is 1. The van der Waals surface area contributed by atoms with Crippen LogP contribution in [0.4, 0.5) is 10.1 Å². The normalized spacial score (nSPS) is 10.2. The van der Waals surface area contributed by atoms with Gasteiger partial charge in [0.15, 0.2) is 0 Å². The molecule has 1 aromatic heterocycles. The molecule has 4 nitrogen and oxygen atoms in total. The summed E-state index contributed by atoms with van der Waals surface area (Å²) >= 11 is 0. The number of carbonyl (C=O) groups is 1. The Morgan fingerprint density at radius 2 is 2.00 bits per heavy atom. The van der Waals surface area contributed by atoms with Crippen LogP contribution in [0.3, 0.4) is 0 Å². The van der Waals surface area contributed by atoms with Crippen molar-refractivity contribution in [2.75, 3.05) is 5.32 Å². The van der Waals surface area contributed by atoms with Crippen LogP contribution in [0, 0.1) is 19.7 Å². The highest BCUT2D eigenvalue weighted by Crippen LogP contribution is 2.15. The number of halogens is 1. The minimum absolute atomic E-state index is 0.132. The van der Waals surface area contributed by atoms with E-state index in [9.17, 15) is 9.18 Å². The zero-order valence-corrected chi connectivity index (χ0v) is 10.1. The summed E-state index contributed by atoms with van der Waals surface area (Å²) in [5.74, 6) is -0.950. The molecule has 0 fully saturated rings. The van der Waals surface area contributed by atoms with Crippen molar-refractivity contribution in [3.8, 4) is 0 Å². The van der Waals surface area contributed by atoms with Crippen molar-refractivity contribution < 1.29 is 9.18 Å². The molecule has 1 aromatic carbocycles. The fourth-order valence-electron chi connectivity index (χ4n) is 1.42. The molecule has 0 saturated carbocycles. The standard InChI is InChI=1S/C13H12FN3O/c1-8-3-4-11(10(14)5-8)17-13(18)12-7-15-9(2)6-16-12/h3-7H,1-2H3,(H,17,18). The van der Waals surface area contributed by atoms with Gasteiger partial charge in [0, 0.05) is 6.20 Å². The van der Waals surface area contributed by atoms with Crippen LogP contribution in [0.25, 0.3) is 0 Å². The van der Waals surface area contributed by atoms with Gasteiger partial charge in [0.05, 0.1) is 17.6 Å². The third-order valence-corrected chi connectivity index (χ3v) is 2.39. The quantitative estimate of drug-likeness (QED) is 0.884. The summed E-state index contributed by atoms with van der Waals surface area (Å²) < 4.78 is 13.5. The molecule has 0 spiro atoms. The number of hydrogen-bond donors (Lipinski definition) is 1.